The van der Waals surface area contributed by atoms with Crippen LogP contribution in [0.1, 0.15) is 37.7 Å². The van der Waals surface area contributed by atoms with Crippen molar-refractivity contribution in [3.63, 3.8) is 0 Å². The van der Waals surface area contributed by atoms with Crippen LogP contribution in [0.15, 0.2) is 16.8 Å². The fourth-order valence-corrected chi connectivity index (χ4v) is 4.66. The number of rotatable bonds is 3. The van der Waals surface area contributed by atoms with E-state index < -0.39 is 0 Å². The highest BCUT2D eigenvalue weighted by molar-refractivity contribution is 7.07. The average Bonchev–Trinajstić information content (AvgIpc) is 3.09. The Kier molecular flexibility index (Phi) is 4.13. The molecule has 1 saturated carbocycles. The standard InChI is InChI=1S/C16H23NO2S/c1-19-14-4-2-6-16(14)7-3-8-17(12-16)15(18)10-13-5-9-20-11-13/h5,9,11,14H,2-4,6-8,10,12H2,1H3/t14-,16-/m1/s1. The fourth-order valence-electron chi connectivity index (χ4n) is 3.99. The first kappa shape index (κ1) is 14.1. The molecule has 1 aliphatic carbocycles. The summed E-state index contributed by atoms with van der Waals surface area (Å²) in [6.45, 7) is 1.82. The van der Waals surface area contributed by atoms with Gasteiger partial charge in [0.2, 0.25) is 5.91 Å². The van der Waals surface area contributed by atoms with Gasteiger partial charge in [0.1, 0.15) is 0 Å². The number of carbonyl (C=O) groups excluding carboxylic acids is 1. The normalized spacial score (nSPS) is 30.1. The minimum atomic E-state index is 0.233. The SMILES string of the molecule is CO[C@@H]1CCC[C@]12CCCN(C(=O)Cc1ccsc1)C2. The topological polar surface area (TPSA) is 29.5 Å². The zero-order chi connectivity index (χ0) is 14.0. The van der Waals surface area contributed by atoms with E-state index in [0.717, 1.165) is 31.5 Å². The molecular formula is C16H23NO2S. The first-order valence-corrected chi connectivity index (χ1v) is 8.49. The van der Waals surface area contributed by atoms with Crippen molar-refractivity contribution in [1.29, 1.82) is 0 Å². The molecule has 3 rings (SSSR count). The van der Waals surface area contributed by atoms with E-state index in [1.165, 1.54) is 19.3 Å². The van der Waals surface area contributed by atoms with Crippen molar-refractivity contribution in [2.75, 3.05) is 20.2 Å². The molecule has 3 nitrogen and oxygen atoms in total. The molecule has 2 fully saturated rings. The van der Waals surface area contributed by atoms with Crippen LogP contribution in [0.5, 0.6) is 0 Å². The van der Waals surface area contributed by atoms with E-state index in [1.807, 2.05) is 12.5 Å². The van der Waals surface area contributed by atoms with Crippen LogP contribution in [-0.2, 0) is 16.0 Å². The van der Waals surface area contributed by atoms with Crippen molar-refractivity contribution in [1.82, 2.24) is 4.90 Å². The van der Waals surface area contributed by atoms with E-state index in [9.17, 15) is 4.79 Å². The molecule has 2 aliphatic rings. The van der Waals surface area contributed by atoms with Gasteiger partial charge in [-0.25, -0.2) is 0 Å². The molecule has 0 radical (unpaired) electrons. The third kappa shape index (κ3) is 2.63. The van der Waals surface area contributed by atoms with Gasteiger partial charge >= 0.3 is 0 Å². The quantitative estimate of drug-likeness (QED) is 0.857. The number of carbonyl (C=O) groups is 1. The van der Waals surface area contributed by atoms with Gasteiger partial charge in [-0.2, -0.15) is 11.3 Å². The Morgan fingerprint density at radius 3 is 3.10 bits per heavy atom. The number of likely N-dealkylation sites (tertiary alicyclic amines) is 1. The molecule has 1 aromatic rings. The fraction of sp³-hybridized carbons (Fsp3) is 0.688. The molecule has 2 atom stereocenters. The number of methoxy groups -OCH3 is 1. The number of nitrogens with zero attached hydrogens (tertiary/aromatic N) is 1. The predicted octanol–water partition coefficient (Wildman–Crippen LogP) is 3.10. The Morgan fingerprint density at radius 1 is 1.50 bits per heavy atom. The second kappa shape index (κ2) is 5.86. The van der Waals surface area contributed by atoms with Gasteiger partial charge in [-0.15, -0.1) is 0 Å². The maximum atomic E-state index is 12.5. The molecular weight excluding hydrogens is 270 g/mol. The van der Waals surface area contributed by atoms with Gasteiger partial charge in [0.05, 0.1) is 12.5 Å². The van der Waals surface area contributed by atoms with E-state index in [1.54, 1.807) is 11.3 Å². The lowest BCUT2D eigenvalue weighted by molar-refractivity contribution is -0.136. The largest absolute Gasteiger partial charge is 0.381 e. The molecule has 0 unspecified atom stereocenters. The van der Waals surface area contributed by atoms with Gasteiger partial charge in [-0.05, 0) is 48.1 Å². The third-order valence-electron chi connectivity index (χ3n) is 5.01. The number of hydrogen-bond acceptors (Lipinski definition) is 3. The summed E-state index contributed by atoms with van der Waals surface area (Å²) in [5.74, 6) is 0.282. The predicted molar refractivity (Wildman–Crippen MR) is 80.9 cm³/mol. The molecule has 1 aromatic heterocycles. The molecule has 0 bridgehead atoms. The molecule has 0 aromatic carbocycles. The Labute approximate surface area is 124 Å². The highest BCUT2D eigenvalue weighted by Gasteiger charge is 2.46. The Morgan fingerprint density at radius 2 is 2.35 bits per heavy atom. The van der Waals surface area contributed by atoms with Crippen molar-refractivity contribution in [3.05, 3.63) is 22.4 Å². The van der Waals surface area contributed by atoms with Gasteiger partial charge in [0.25, 0.3) is 0 Å². The van der Waals surface area contributed by atoms with Crippen molar-refractivity contribution >= 4 is 17.2 Å². The smallest absolute Gasteiger partial charge is 0.227 e. The van der Waals surface area contributed by atoms with Crippen LogP contribution >= 0.6 is 11.3 Å². The maximum absolute atomic E-state index is 12.5. The van der Waals surface area contributed by atoms with E-state index >= 15 is 0 Å². The summed E-state index contributed by atoms with van der Waals surface area (Å²) in [6.07, 6.45) is 6.85. The lowest BCUT2D eigenvalue weighted by Gasteiger charge is -2.43. The van der Waals surface area contributed by atoms with Gasteiger partial charge in [0.15, 0.2) is 0 Å². The van der Waals surface area contributed by atoms with Crippen LogP contribution in [0.4, 0.5) is 0 Å². The number of amides is 1. The number of piperidine rings is 1. The minimum Gasteiger partial charge on any atom is -0.381 e. The van der Waals surface area contributed by atoms with Gasteiger partial charge in [-0.1, -0.05) is 6.42 Å². The van der Waals surface area contributed by atoms with Crippen LogP contribution in [0.3, 0.4) is 0 Å². The van der Waals surface area contributed by atoms with Crippen LogP contribution in [0, 0.1) is 5.41 Å². The summed E-state index contributed by atoms with van der Waals surface area (Å²) >= 11 is 1.66. The zero-order valence-corrected chi connectivity index (χ0v) is 13.0. The molecule has 110 valence electrons. The Balaban J connectivity index is 1.67. The van der Waals surface area contributed by atoms with E-state index in [-0.39, 0.29) is 11.3 Å². The van der Waals surface area contributed by atoms with Crippen LogP contribution in [0.2, 0.25) is 0 Å². The highest BCUT2D eigenvalue weighted by atomic mass is 32.1. The summed E-state index contributed by atoms with van der Waals surface area (Å²) in [5, 5.41) is 4.11. The Hall–Kier alpha value is -0.870. The van der Waals surface area contributed by atoms with E-state index in [2.05, 4.69) is 16.3 Å². The van der Waals surface area contributed by atoms with E-state index in [4.69, 9.17) is 4.74 Å². The highest BCUT2D eigenvalue weighted by Crippen LogP contribution is 2.46. The Bertz CT molecular complexity index is 459. The van der Waals surface area contributed by atoms with Crippen molar-refractivity contribution in [2.24, 2.45) is 5.41 Å². The monoisotopic (exact) mass is 293 g/mol. The summed E-state index contributed by atoms with van der Waals surface area (Å²) in [7, 11) is 1.82. The third-order valence-corrected chi connectivity index (χ3v) is 5.74. The molecule has 1 aliphatic heterocycles. The molecule has 1 amide bonds. The van der Waals surface area contributed by atoms with E-state index in [0.29, 0.717) is 12.5 Å². The number of thiophene rings is 1. The maximum Gasteiger partial charge on any atom is 0.227 e. The first-order valence-electron chi connectivity index (χ1n) is 7.55. The second-order valence-electron chi connectivity index (χ2n) is 6.21. The van der Waals surface area contributed by atoms with Crippen molar-refractivity contribution < 1.29 is 9.53 Å². The molecule has 4 heteroatoms. The molecule has 2 heterocycles. The van der Waals surface area contributed by atoms with Crippen LogP contribution in [-0.4, -0.2) is 37.1 Å². The lowest BCUT2D eigenvalue weighted by atomic mass is 9.76. The average molecular weight is 293 g/mol. The molecule has 20 heavy (non-hydrogen) atoms. The lowest BCUT2D eigenvalue weighted by Crippen LogP contribution is -2.50. The minimum absolute atomic E-state index is 0.233. The number of hydrogen-bond donors (Lipinski definition) is 0. The first-order chi connectivity index (χ1) is 9.73. The van der Waals surface area contributed by atoms with Gasteiger partial charge in [0, 0.05) is 25.6 Å². The van der Waals surface area contributed by atoms with Crippen molar-refractivity contribution in [2.45, 2.75) is 44.6 Å². The molecule has 0 N–H and O–H groups in total. The van der Waals surface area contributed by atoms with Gasteiger partial charge in [-0.3, -0.25) is 4.79 Å². The van der Waals surface area contributed by atoms with Crippen LogP contribution < -0.4 is 0 Å². The number of ether oxygens (including phenoxy) is 1. The molecule has 1 saturated heterocycles. The summed E-state index contributed by atoms with van der Waals surface area (Å²) < 4.78 is 5.70. The van der Waals surface area contributed by atoms with Gasteiger partial charge < -0.3 is 9.64 Å². The summed E-state index contributed by atoms with van der Waals surface area (Å²) in [6, 6.07) is 2.05. The summed E-state index contributed by atoms with van der Waals surface area (Å²) in [5.41, 5.74) is 1.38. The zero-order valence-electron chi connectivity index (χ0n) is 12.1. The molecule has 1 spiro atoms. The summed E-state index contributed by atoms with van der Waals surface area (Å²) in [4.78, 5) is 14.6. The van der Waals surface area contributed by atoms with Crippen LogP contribution in [0.25, 0.3) is 0 Å². The second-order valence-corrected chi connectivity index (χ2v) is 6.99. The van der Waals surface area contributed by atoms with Crippen molar-refractivity contribution in [3.8, 4) is 0 Å².